The predicted molar refractivity (Wildman–Crippen MR) is 109 cm³/mol. The summed E-state index contributed by atoms with van der Waals surface area (Å²) in [7, 11) is 0. The zero-order valence-electron chi connectivity index (χ0n) is 16.8. The Morgan fingerprint density at radius 2 is 2.00 bits per heavy atom. The smallest absolute Gasteiger partial charge is 0.410 e. The number of carbonyl (C=O) groups is 1. The van der Waals surface area contributed by atoms with Crippen LogP contribution in [0.3, 0.4) is 0 Å². The number of ether oxygens (including phenoxy) is 2. The highest BCUT2D eigenvalue weighted by Gasteiger charge is 2.29. The molecule has 0 aromatic heterocycles. The van der Waals surface area contributed by atoms with Crippen LogP contribution >= 0.6 is 0 Å². The lowest BCUT2D eigenvalue weighted by molar-refractivity contribution is 0.0392. The summed E-state index contributed by atoms with van der Waals surface area (Å²) < 4.78 is 11.3. The van der Waals surface area contributed by atoms with Gasteiger partial charge in [-0.3, -0.25) is 0 Å². The summed E-state index contributed by atoms with van der Waals surface area (Å²) in [5, 5.41) is 7.00. The van der Waals surface area contributed by atoms with Crippen molar-refractivity contribution in [2.24, 2.45) is 5.11 Å². The molecule has 2 saturated heterocycles. The van der Waals surface area contributed by atoms with Gasteiger partial charge in [0.05, 0.1) is 19.3 Å². The Bertz CT molecular complexity index is 670. The van der Waals surface area contributed by atoms with Crippen LogP contribution in [0, 0.1) is 0 Å². The van der Waals surface area contributed by atoms with Crippen molar-refractivity contribution in [2.75, 3.05) is 52.5 Å². The Kier molecular flexibility index (Phi) is 8.58. The zero-order valence-corrected chi connectivity index (χ0v) is 16.8. The topological polar surface area (TPSA) is 103 Å². The van der Waals surface area contributed by atoms with Crippen LogP contribution in [0.15, 0.2) is 35.4 Å². The van der Waals surface area contributed by atoms with Gasteiger partial charge in [0.15, 0.2) is 0 Å². The molecule has 2 aliphatic heterocycles. The van der Waals surface area contributed by atoms with Gasteiger partial charge in [-0.2, -0.15) is 0 Å². The van der Waals surface area contributed by atoms with Crippen LogP contribution in [-0.4, -0.2) is 80.5 Å². The van der Waals surface area contributed by atoms with Gasteiger partial charge >= 0.3 is 6.09 Å². The van der Waals surface area contributed by atoms with E-state index in [0.717, 1.165) is 51.1 Å². The van der Waals surface area contributed by atoms with E-state index in [4.69, 9.17) is 15.0 Å². The molecule has 9 nitrogen and oxygen atoms in total. The first-order chi connectivity index (χ1) is 14.3. The quantitative estimate of drug-likeness (QED) is 0.280. The van der Waals surface area contributed by atoms with Crippen LogP contribution in [0.4, 0.5) is 4.79 Å². The average Bonchev–Trinajstić information content (AvgIpc) is 2.71. The fraction of sp³-hybridized carbons (Fsp3) is 0.650. The first kappa shape index (κ1) is 21.4. The summed E-state index contributed by atoms with van der Waals surface area (Å²) in [6.45, 7) is 6.22. The van der Waals surface area contributed by atoms with Crippen LogP contribution in [0.25, 0.3) is 10.4 Å². The van der Waals surface area contributed by atoms with Gasteiger partial charge < -0.3 is 24.6 Å². The molecule has 0 aliphatic carbocycles. The normalized spacial score (nSPS) is 17.9. The van der Waals surface area contributed by atoms with Crippen molar-refractivity contribution in [3.63, 3.8) is 0 Å². The van der Waals surface area contributed by atoms with E-state index in [9.17, 15) is 4.79 Å². The van der Waals surface area contributed by atoms with Crippen molar-refractivity contribution < 1.29 is 14.3 Å². The maximum absolute atomic E-state index is 12.5. The molecule has 1 amide bonds. The molecule has 0 bridgehead atoms. The molecule has 9 heteroatoms. The first-order valence-electron chi connectivity index (χ1n) is 10.3. The molecule has 0 spiro atoms. The number of nitrogens with one attached hydrogen (secondary N) is 1. The summed E-state index contributed by atoms with van der Waals surface area (Å²) in [4.78, 5) is 19.5. The van der Waals surface area contributed by atoms with Crippen molar-refractivity contribution in [1.29, 1.82) is 0 Å². The molecule has 0 saturated carbocycles. The van der Waals surface area contributed by atoms with Crippen molar-refractivity contribution in [1.82, 2.24) is 15.1 Å². The molecule has 29 heavy (non-hydrogen) atoms. The summed E-state index contributed by atoms with van der Waals surface area (Å²) in [6, 6.07) is 10.00. The van der Waals surface area contributed by atoms with Crippen LogP contribution in [0.1, 0.15) is 18.4 Å². The largest absolute Gasteiger partial charge is 0.445 e. The highest BCUT2D eigenvalue weighted by molar-refractivity contribution is 5.68. The molecule has 158 valence electrons. The fourth-order valence-electron chi connectivity index (χ4n) is 3.51. The monoisotopic (exact) mass is 402 g/mol. The number of rotatable bonds is 10. The lowest BCUT2D eigenvalue weighted by atomic mass is 10.1. The highest BCUT2D eigenvalue weighted by atomic mass is 16.6. The number of carbonyl (C=O) groups excluding carboxylic acids is 1. The van der Waals surface area contributed by atoms with E-state index in [0.29, 0.717) is 19.8 Å². The molecule has 2 heterocycles. The minimum Gasteiger partial charge on any atom is -0.445 e. The average molecular weight is 402 g/mol. The van der Waals surface area contributed by atoms with E-state index >= 15 is 0 Å². The minimum atomic E-state index is -0.288. The Morgan fingerprint density at radius 3 is 2.66 bits per heavy atom. The van der Waals surface area contributed by atoms with E-state index in [2.05, 4.69) is 20.2 Å². The number of hydrogen-bond acceptors (Lipinski definition) is 6. The van der Waals surface area contributed by atoms with Crippen molar-refractivity contribution in [3.8, 4) is 0 Å². The summed E-state index contributed by atoms with van der Waals surface area (Å²) in [5.74, 6) is 0. The highest BCUT2D eigenvalue weighted by Crippen LogP contribution is 2.13. The van der Waals surface area contributed by atoms with Gasteiger partial charge in [-0.1, -0.05) is 35.4 Å². The minimum absolute atomic E-state index is 0.128. The van der Waals surface area contributed by atoms with Crippen LogP contribution in [-0.2, 0) is 16.1 Å². The maximum Gasteiger partial charge on any atom is 0.410 e. The van der Waals surface area contributed by atoms with Crippen LogP contribution in [0.5, 0.6) is 0 Å². The van der Waals surface area contributed by atoms with E-state index in [1.165, 1.54) is 0 Å². The van der Waals surface area contributed by atoms with E-state index in [1.807, 2.05) is 30.3 Å². The fourth-order valence-corrected chi connectivity index (χ4v) is 3.51. The third-order valence-electron chi connectivity index (χ3n) is 5.44. The Hall–Kier alpha value is -2.32. The van der Waals surface area contributed by atoms with Gasteiger partial charge in [0.1, 0.15) is 6.61 Å². The second-order valence-electron chi connectivity index (χ2n) is 7.44. The van der Waals surface area contributed by atoms with Gasteiger partial charge in [-0.25, -0.2) is 4.79 Å². The van der Waals surface area contributed by atoms with E-state index in [1.54, 1.807) is 4.90 Å². The third-order valence-corrected chi connectivity index (χ3v) is 5.44. The second kappa shape index (κ2) is 11.6. The molecular weight excluding hydrogens is 372 g/mol. The number of benzene rings is 1. The lowest BCUT2D eigenvalue weighted by Crippen LogP contribution is -2.59. The first-order valence-corrected chi connectivity index (χ1v) is 10.3. The molecular formula is C20H30N6O3. The second-order valence-corrected chi connectivity index (χ2v) is 7.44. The summed E-state index contributed by atoms with van der Waals surface area (Å²) >= 11 is 0. The Balaban J connectivity index is 1.33. The molecule has 2 fully saturated rings. The van der Waals surface area contributed by atoms with Crippen molar-refractivity contribution >= 4 is 6.09 Å². The number of nitrogens with zero attached hydrogens (tertiary/aromatic N) is 5. The summed E-state index contributed by atoms with van der Waals surface area (Å²) in [6.07, 6.45) is 1.52. The molecule has 1 aromatic rings. The van der Waals surface area contributed by atoms with Crippen LogP contribution in [0.2, 0.25) is 0 Å². The standard InChI is InChI=1S/C20H30N6O3/c21-24-23-18-6-8-25(9-7-18)10-12-28-13-11-26(19-14-22-15-19)20(27)29-16-17-4-2-1-3-5-17/h1-5,18-19,22H,6-16H2. The van der Waals surface area contributed by atoms with Gasteiger partial charge in [-0.05, 0) is 37.0 Å². The van der Waals surface area contributed by atoms with E-state index < -0.39 is 0 Å². The molecule has 1 N–H and O–H groups in total. The third kappa shape index (κ3) is 6.90. The SMILES string of the molecule is [N-]=[N+]=NC1CCN(CCOCCN(C(=O)OCc2ccccc2)C2CNC2)CC1. The number of azide groups is 1. The van der Waals surface area contributed by atoms with Gasteiger partial charge in [0, 0.05) is 37.1 Å². The van der Waals surface area contributed by atoms with Gasteiger partial charge in [0.25, 0.3) is 0 Å². The maximum atomic E-state index is 12.5. The molecule has 0 radical (unpaired) electrons. The zero-order chi connectivity index (χ0) is 20.3. The summed E-state index contributed by atoms with van der Waals surface area (Å²) in [5.41, 5.74) is 9.48. The van der Waals surface area contributed by atoms with Gasteiger partial charge in [0.2, 0.25) is 0 Å². The van der Waals surface area contributed by atoms with E-state index in [-0.39, 0.29) is 24.8 Å². The number of amides is 1. The Morgan fingerprint density at radius 1 is 1.24 bits per heavy atom. The Labute approximate surface area is 171 Å². The molecule has 3 rings (SSSR count). The molecule has 0 atom stereocenters. The number of piperidine rings is 1. The predicted octanol–water partition coefficient (Wildman–Crippen LogP) is 2.39. The molecule has 0 unspecified atom stereocenters. The number of likely N-dealkylation sites (tertiary alicyclic amines) is 1. The lowest BCUT2D eigenvalue weighted by Gasteiger charge is -2.37. The van der Waals surface area contributed by atoms with Crippen LogP contribution < -0.4 is 5.32 Å². The van der Waals surface area contributed by atoms with Gasteiger partial charge in [-0.15, -0.1) is 0 Å². The van der Waals surface area contributed by atoms with Crippen molar-refractivity contribution in [3.05, 3.63) is 46.3 Å². The van der Waals surface area contributed by atoms with Crippen molar-refractivity contribution in [2.45, 2.75) is 31.5 Å². The molecule has 1 aromatic carbocycles. The number of hydrogen-bond donors (Lipinski definition) is 1. The molecule has 2 aliphatic rings.